The summed E-state index contributed by atoms with van der Waals surface area (Å²) >= 11 is 1.40. The largest absolute Gasteiger partial charge is 0.481 e. The van der Waals surface area contributed by atoms with Crippen LogP contribution in [0.1, 0.15) is 60.3 Å². The molecule has 3 nitrogen and oxygen atoms in total. The lowest BCUT2D eigenvalue weighted by Gasteiger charge is -2.22. The first-order valence-electron chi connectivity index (χ1n) is 6.64. The summed E-state index contributed by atoms with van der Waals surface area (Å²) in [7, 11) is 0. The minimum Gasteiger partial charge on any atom is -0.481 e. The fraction of sp³-hybridized carbons (Fsp3) is 0.857. The van der Waals surface area contributed by atoms with Gasteiger partial charge in [-0.05, 0) is 33.1 Å². The molecule has 0 fully saturated rings. The van der Waals surface area contributed by atoms with Crippen molar-refractivity contribution in [1.82, 2.24) is 0 Å². The van der Waals surface area contributed by atoms with Crippen molar-refractivity contribution in [3.63, 3.8) is 0 Å². The van der Waals surface area contributed by atoms with Gasteiger partial charge in [-0.15, -0.1) is 0 Å². The van der Waals surface area contributed by atoms with Crippen molar-refractivity contribution in [1.29, 1.82) is 0 Å². The van der Waals surface area contributed by atoms with Gasteiger partial charge in [0, 0.05) is 11.2 Å². The summed E-state index contributed by atoms with van der Waals surface area (Å²) in [6.07, 6.45) is 3.40. The Kier molecular flexibility index (Phi) is 7.60. The molecule has 0 aromatic carbocycles. The Labute approximate surface area is 115 Å². The van der Waals surface area contributed by atoms with Gasteiger partial charge in [-0.2, -0.15) is 0 Å². The fourth-order valence-electron chi connectivity index (χ4n) is 1.51. The van der Waals surface area contributed by atoms with E-state index in [2.05, 4.69) is 6.92 Å². The summed E-state index contributed by atoms with van der Waals surface area (Å²) < 4.78 is 0. The molecule has 0 aromatic heterocycles. The van der Waals surface area contributed by atoms with Gasteiger partial charge in [0.1, 0.15) is 0 Å². The van der Waals surface area contributed by atoms with Crippen molar-refractivity contribution in [2.75, 3.05) is 0 Å². The average Bonchev–Trinajstić information content (AvgIpc) is 2.25. The van der Waals surface area contributed by atoms with Crippen molar-refractivity contribution < 1.29 is 14.7 Å². The molecule has 0 spiro atoms. The van der Waals surface area contributed by atoms with Crippen molar-refractivity contribution in [2.24, 2.45) is 11.3 Å². The second kappa shape index (κ2) is 7.82. The molecule has 4 heteroatoms. The first kappa shape index (κ1) is 17.5. The smallest absolute Gasteiger partial charge is 0.309 e. The van der Waals surface area contributed by atoms with Crippen LogP contribution in [0.5, 0.6) is 0 Å². The number of carbonyl (C=O) groups excluding carboxylic acids is 1. The second-order valence-corrected chi connectivity index (χ2v) is 7.03. The summed E-state index contributed by atoms with van der Waals surface area (Å²) in [5.74, 6) is -0.722. The minimum absolute atomic E-state index is 0.0434. The molecular weight excluding hydrogens is 248 g/mol. The molecule has 0 saturated carbocycles. The molecule has 0 bridgehead atoms. The number of rotatable bonds is 8. The highest BCUT2D eigenvalue weighted by Gasteiger charge is 2.28. The van der Waals surface area contributed by atoms with E-state index in [9.17, 15) is 9.59 Å². The predicted octanol–water partition coefficient (Wildman–Crippen LogP) is 3.96. The molecule has 0 amide bonds. The molecule has 0 radical (unpaired) electrons. The Morgan fingerprint density at radius 3 is 2.17 bits per heavy atom. The molecule has 1 N–H and O–H groups in total. The number of thioether (sulfide) groups is 1. The Morgan fingerprint density at radius 1 is 1.22 bits per heavy atom. The number of carboxylic acids is 1. The Balaban J connectivity index is 4.37. The van der Waals surface area contributed by atoms with E-state index >= 15 is 0 Å². The number of aliphatic carboxylic acids is 1. The molecule has 0 rings (SSSR count). The summed E-state index contributed by atoms with van der Waals surface area (Å²) in [5, 5.41) is 9.54. The molecule has 0 heterocycles. The predicted molar refractivity (Wildman–Crippen MR) is 76.8 cm³/mol. The van der Waals surface area contributed by atoms with Crippen LogP contribution in [0, 0.1) is 11.3 Å². The monoisotopic (exact) mass is 274 g/mol. The van der Waals surface area contributed by atoms with Gasteiger partial charge in [0.05, 0.1) is 5.41 Å². The topological polar surface area (TPSA) is 54.4 Å². The van der Waals surface area contributed by atoms with Crippen molar-refractivity contribution in [2.45, 2.75) is 65.6 Å². The zero-order valence-corrected chi connectivity index (χ0v) is 13.0. The van der Waals surface area contributed by atoms with E-state index in [0.29, 0.717) is 6.42 Å². The number of hydrogen-bond donors (Lipinski definition) is 1. The van der Waals surface area contributed by atoms with Gasteiger partial charge in [0.25, 0.3) is 0 Å². The standard InChI is InChI=1S/C14H26O3S/c1-6-7-11(18-12(15)10(2)3)8-9-14(4,5)13(16)17/h10-11H,6-9H2,1-5H3,(H,16,17). The van der Waals surface area contributed by atoms with Crippen LogP contribution < -0.4 is 0 Å². The number of carboxylic acid groups (broad SMARTS) is 1. The Morgan fingerprint density at radius 2 is 1.78 bits per heavy atom. The van der Waals surface area contributed by atoms with E-state index in [1.165, 1.54) is 11.8 Å². The molecule has 0 aromatic rings. The van der Waals surface area contributed by atoms with Crippen LogP contribution in [-0.4, -0.2) is 21.4 Å². The van der Waals surface area contributed by atoms with E-state index in [1.807, 2.05) is 13.8 Å². The van der Waals surface area contributed by atoms with Gasteiger partial charge in [0.2, 0.25) is 0 Å². The summed E-state index contributed by atoms with van der Waals surface area (Å²) in [6.45, 7) is 9.38. The maximum Gasteiger partial charge on any atom is 0.309 e. The maximum atomic E-state index is 11.7. The molecule has 0 saturated heterocycles. The molecular formula is C14H26O3S. The van der Waals surface area contributed by atoms with Crippen LogP contribution in [0.3, 0.4) is 0 Å². The average molecular weight is 274 g/mol. The third-order valence-electron chi connectivity index (χ3n) is 3.04. The zero-order valence-electron chi connectivity index (χ0n) is 12.2. The van der Waals surface area contributed by atoms with Gasteiger partial charge < -0.3 is 5.11 Å². The molecule has 0 aliphatic rings. The lowest BCUT2D eigenvalue weighted by atomic mass is 9.87. The molecule has 1 atom stereocenters. The number of carbonyl (C=O) groups is 2. The van der Waals surface area contributed by atoms with Crippen molar-refractivity contribution in [3.8, 4) is 0 Å². The first-order valence-corrected chi connectivity index (χ1v) is 7.52. The molecule has 1 unspecified atom stereocenters. The summed E-state index contributed by atoms with van der Waals surface area (Å²) in [6, 6.07) is 0. The lowest BCUT2D eigenvalue weighted by molar-refractivity contribution is -0.147. The van der Waals surface area contributed by atoms with Crippen LogP contribution in [0.4, 0.5) is 0 Å². The maximum absolute atomic E-state index is 11.7. The summed E-state index contributed by atoms with van der Waals surface area (Å²) in [4.78, 5) is 22.8. The molecule has 106 valence electrons. The Bertz CT molecular complexity index is 285. The second-order valence-electron chi connectivity index (χ2n) is 5.73. The van der Waals surface area contributed by atoms with Gasteiger partial charge in [-0.25, -0.2) is 0 Å². The van der Waals surface area contributed by atoms with Gasteiger partial charge in [-0.1, -0.05) is 39.0 Å². The highest BCUT2D eigenvalue weighted by molar-refractivity contribution is 8.14. The molecule has 18 heavy (non-hydrogen) atoms. The Hall–Kier alpha value is -0.510. The molecule has 0 aliphatic heterocycles. The van der Waals surface area contributed by atoms with E-state index in [0.717, 1.165) is 19.3 Å². The summed E-state index contributed by atoms with van der Waals surface area (Å²) in [5.41, 5.74) is -0.701. The fourth-order valence-corrected chi connectivity index (χ4v) is 2.70. The van der Waals surface area contributed by atoms with Gasteiger partial charge in [-0.3, -0.25) is 9.59 Å². The quantitative estimate of drug-likeness (QED) is 0.728. The highest BCUT2D eigenvalue weighted by Crippen LogP contribution is 2.30. The zero-order chi connectivity index (χ0) is 14.3. The number of hydrogen-bond acceptors (Lipinski definition) is 3. The first-order chi connectivity index (χ1) is 8.20. The van der Waals surface area contributed by atoms with E-state index in [4.69, 9.17) is 5.11 Å². The third-order valence-corrected chi connectivity index (χ3v) is 4.54. The lowest BCUT2D eigenvalue weighted by Crippen LogP contribution is -2.25. The van der Waals surface area contributed by atoms with E-state index < -0.39 is 11.4 Å². The third kappa shape index (κ3) is 6.43. The van der Waals surface area contributed by atoms with Crippen LogP contribution in [0.2, 0.25) is 0 Å². The van der Waals surface area contributed by atoms with Crippen LogP contribution in [0.25, 0.3) is 0 Å². The SMILES string of the molecule is CCCC(CCC(C)(C)C(=O)O)SC(=O)C(C)C. The van der Waals surface area contributed by atoms with Crippen LogP contribution >= 0.6 is 11.8 Å². The van der Waals surface area contributed by atoms with Gasteiger partial charge >= 0.3 is 5.97 Å². The van der Waals surface area contributed by atoms with E-state index in [1.54, 1.807) is 13.8 Å². The van der Waals surface area contributed by atoms with Gasteiger partial charge in [0.15, 0.2) is 5.12 Å². The van der Waals surface area contributed by atoms with Crippen LogP contribution in [-0.2, 0) is 9.59 Å². The normalized spacial score (nSPS) is 13.7. The van der Waals surface area contributed by atoms with Crippen LogP contribution in [0.15, 0.2) is 0 Å². The minimum atomic E-state index is -0.766. The highest BCUT2D eigenvalue weighted by atomic mass is 32.2. The van der Waals surface area contributed by atoms with Crippen molar-refractivity contribution >= 4 is 22.8 Å². The molecule has 0 aliphatic carbocycles. The van der Waals surface area contributed by atoms with E-state index in [-0.39, 0.29) is 16.3 Å². The van der Waals surface area contributed by atoms with Crippen molar-refractivity contribution in [3.05, 3.63) is 0 Å².